The minimum absolute atomic E-state index is 0. The highest BCUT2D eigenvalue weighted by Gasteiger charge is 2.16. The monoisotopic (exact) mass is 784 g/mol. The molecule has 226 valence electrons. The van der Waals surface area contributed by atoms with Crippen molar-refractivity contribution in [2.45, 2.75) is 110 Å². The molecule has 2 rings (SSSR count). The van der Waals surface area contributed by atoms with Crippen LogP contribution < -0.4 is 0 Å². The average Bonchev–Trinajstić information content (AvgIpc) is 2.74. The molecule has 0 saturated heterocycles. The third-order valence-corrected chi connectivity index (χ3v) is 5.73. The average molecular weight is 785 g/mol. The first-order valence-electron chi connectivity index (χ1n) is 10.3. The molecule has 0 amide bonds. The highest BCUT2D eigenvalue weighted by Crippen LogP contribution is 2.13. The number of carbonyl (C=O) groups is 2. The molecule has 38 heavy (non-hydrogen) atoms. The highest BCUT2D eigenvalue weighted by molar-refractivity contribution is 14.1. The van der Waals surface area contributed by atoms with Gasteiger partial charge in [-0.3, -0.25) is 4.79 Å². The molecule has 0 bridgehead atoms. The zero-order valence-electron chi connectivity index (χ0n) is 18.7. The second-order valence-electron chi connectivity index (χ2n) is 7.07. The fourth-order valence-corrected chi connectivity index (χ4v) is 2.91. The Hall–Kier alpha value is -0.750. The molecule has 0 radical (unpaired) electrons. The Morgan fingerprint density at radius 1 is 0.737 bits per heavy atom. The second-order valence-corrected chi connectivity index (χ2v) is 9.90. The number of carbonyl (C=O) groups excluding carboxylic acids is 2. The van der Waals surface area contributed by atoms with Crippen molar-refractivity contribution >= 4 is 68.0 Å². The Labute approximate surface area is 267 Å². The van der Waals surface area contributed by atoms with Crippen LogP contribution in [0.2, 0.25) is 0 Å². The Kier molecular flexibility index (Phi) is 43.3. The molecular weight excluding hydrogens is 730 g/mol. The van der Waals surface area contributed by atoms with E-state index in [9.17, 15) is 14.7 Å². The van der Waals surface area contributed by atoms with E-state index in [1.165, 1.54) is 0 Å². The maximum absolute atomic E-state index is 11.8. The van der Waals surface area contributed by atoms with E-state index in [1.54, 1.807) is 38.1 Å². The van der Waals surface area contributed by atoms with Crippen LogP contribution in [-0.4, -0.2) is 39.7 Å². The van der Waals surface area contributed by atoms with Crippen LogP contribution in [0, 0.1) is 7.14 Å². The van der Waals surface area contributed by atoms with Gasteiger partial charge in [-0.05, 0) is 132 Å². The molecule has 0 aliphatic heterocycles. The molecule has 0 spiro atoms. The van der Waals surface area contributed by atoms with Crippen molar-refractivity contribution in [1.82, 2.24) is 0 Å². The molecule has 8 heteroatoms. The van der Waals surface area contributed by atoms with E-state index >= 15 is 0 Å². The molecule has 2 N–H and O–H groups in total. The summed E-state index contributed by atoms with van der Waals surface area (Å²) in [4.78, 5) is 22.3. The predicted octanol–water partition coefficient (Wildman–Crippen LogP) is 10.3. The summed E-state index contributed by atoms with van der Waals surface area (Å²) in [6, 6.07) is 14.3. The maximum atomic E-state index is 11.8. The summed E-state index contributed by atoms with van der Waals surface area (Å²) < 4.78 is 7.51. The standard InChI is InChI=1S/C13H17IO3.C7H4ClIO.C4H10O.6CH4/c1-3-12(8-9(2)15)17-13(16)10-4-6-11(14)7-5-10;8-7(10)5-1-3-6(9)4-2-5;1-3-4(2)5;;;;;;/h4-7,9,12,15H,3,8H2,1-2H3;1-4H;4-5H,3H2,1-2H3;6*1H4. The van der Waals surface area contributed by atoms with Crippen LogP contribution in [0.25, 0.3) is 0 Å². The minimum atomic E-state index is -0.454. The van der Waals surface area contributed by atoms with Crippen molar-refractivity contribution in [2.24, 2.45) is 0 Å². The van der Waals surface area contributed by atoms with Crippen molar-refractivity contribution < 1.29 is 24.5 Å². The summed E-state index contributed by atoms with van der Waals surface area (Å²) in [5.74, 6) is -0.325. The Bertz CT molecular complexity index is 795. The number of aliphatic hydroxyl groups excluding tert-OH is 2. The van der Waals surface area contributed by atoms with Gasteiger partial charge in [-0.15, -0.1) is 0 Å². The maximum Gasteiger partial charge on any atom is 0.338 e. The van der Waals surface area contributed by atoms with Gasteiger partial charge < -0.3 is 14.9 Å². The molecule has 0 aliphatic carbocycles. The summed E-state index contributed by atoms with van der Waals surface area (Å²) in [7, 11) is 0. The zero-order valence-corrected chi connectivity index (χ0v) is 23.8. The lowest BCUT2D eigenvalue weighted by Crippen LogP contribution is -2.22. The number of esters is 1. The number of rotatable bonds is 7. The zero-order chi connectivity index (χ0) is 24.7. The highest BCUT2D eigenvalue weighted by atomic mass is 127. The molecule has 3 atom stereocenters. The Morgan fingerprint density at radius 2 is 1.08 bits per heavy atom. The second kappa shape index (κ2) is 30.8. The van der Waals surface area contributed by atoms with E-state index in [-0.39, 0.29) is 62.7 Å². The van der Waals surface area contributed by atoms with Crippen LogP contribution in [0.4, 0.5) is 0 Å². The SMILES string of the molecule is C.C.C.C.C.C.CCC(C)O.CCC(CC(C)O)OC(=O)c1ccc(I)cc1.O=C(Cl)c1ccc(I)cc1. The third kappa shape index (κ3) is 26.8. The van der Waals surface area contributed by atoms with Gasteiger partial charge in [-0.25, -0.2) is 4.79 Å². The number of hydrogen-bond acceptors (Lipinski definition) is 5. The van der Waals surface area contributed by atoms with Crippen LogP contribution in [0.1, 0.15) is 112 Å². The van der Waals surface area contributed by atoms with Gasteiger partial charge in [0.1, 0.15) is 6.10 Å². The topological polar surface area (TPSA) is 83.8 Å². The molecule has 0 aromatic heterocycles. The van der Waals surface area contributed by atoms with E-state index in [1.807, 2.05) is 38.1 Å². The summed E-state index contributed by atoms with van der Waals surface area (Å²) in [6.45, 7) is 7.36. The fourth-order valence-electron chi connectivity index (χ4n) is 2.06. The van der Waals surface area contributed by atoms with Gasteiger partial charge in [-0.2, -0.15) is 0 Å². The number of benzene rings is 2. The first kappa shape index (κ1) is 53.5. The van der Waals surface area contributed by atoms with E-state index < -0.39 is 11.3 Å². The molecular formula is C30H55ClI2O5. The van der Waals surface area contributed by atoms with Gasteiger partial charge >= 0.3 is 5.97 Å². The predicted molar refractivity (Wildman–Crippen MR) is 187 cm³/mol. The first-order chi connectivity index (χ1) is 15.0. The van der Waals surface area contributed by atoms with Crippen LogP contribution in [0.3, 0.4) is 0 Å². The fraction of sp³-hybridized carbons (Fsp3) is 0.533. The summed E-state index contributed by atoms with van der Waals surface area (Å²) in [5, 5.41) is 17.2. The van der Waals surface area contributed by atoms with Gasteiger partial charge in [0.15, 0.2) is 0 Å². The number of aliphatic hydroxyl groups is 2. The largest absolute Gasteiger partial charge is 0.459 e. The normalized spacial score (nSPS) is 10.8. The van der Waals surface area contributed by atoms with Gasteiger partial charge in [-0.1, -0.05) is 58.4 Å². The van der Waals surface area contributed by atoms with Crippen LogP contribution in [0.5, 0.6) is 0 Å². The molecule has 2 aromatic rings. The van der Waals surface area contributed by atoms with Crippen molar-refractivity contribution in [3.05, 3.63) is 66.8 Å². The van der Waals surface area contributed by atoms with E-state index in [0.29, 0.717) is 24.0 Å². The first-order valence-corrected chi connectivity index (χ1v) is 12.8. The third-order valence-electron chi connectivity index (χ3n) is 4.07. The summed E-state index contributed by atoms with van der Waals surface area (Å²) in [6.07, 6.45) is 1.26. The van der Waals surface area contributed by atoms with Crippen LogP contribution >= 0.6 is 56.8 Å². The van der Waals surface area contributed by atoms with E-state index in [2.05, 4.69) is 45.2 Å². The Morgan fingerprint density at radius 3 is 1.34 bits per heavy atom. The molecule has 2 aromatic carbocycles. The lowest BCUT2D eigenvalue weighted by atomic mass is 10.1. The van der Waals surface area contributed by atoms with E-state index in [4.69, 9.17) is 21.4 Å². The van der Waals surface area contributed by atoms with Crippen LogP contribution in [0.15, 0.2) is 48.5 Å². The molecule has 0 aliphatic rings. The van der Waals surface area contributed by atoms with Crippen molar-refractivity contribution in [1.29, 1.82) is 0 Å². The molecule has 5 nitrogen and oxygen atoms in total. The molecule has 0 fully saturated rings. The number of ether oxygens (including phenoxy) is 1. The number of halogens is 3. The van der Waals surface area contributed by atoms with Gasteiger partial charge in [0, 0.05) is 19.1 Å². The summed E-state index contributed by atoms with van der Waals surface area (Å²) >= 11 is 9.56. The van der Waals surface area contributed by atoms with Crippen LogP contribution in [-0.2, 0) is 4.74 Å². The van der Waals surface area contributed by atoms with Gasteiger partial charge in [0.25, 0.3) is 5.24 Å². The Balaban J connectivity index is -0.0000000798. The number of hydrogen-bond donors (Lipinski definition) is 2. The molecule has 0 heterocycles. The van der Waals surface area contributed by atoms with Gasteiger partial charge in [0.05, 0.1) is 17.8 Å². The lowest BCUT2D eigenvalue weighted by molar-refractivity contribution is 0.0159. The van der Waals surface area contributed by atoms with Crippen molar-refractivity contribution in [3.63, 3.8) is 0 Å². The minimum Gasteiger partial charge on any atom is -0.459 e. The van der Waals surface area contributed by atoms with Gasteiger partial charge in [0.2, 0.25) is 0 Å². The summed E-state index contributed by atoms with van der Waals surface area (Å²) in [5.41, 5.74) is 1.09. The van der Waals surface area contributed by atoms with Crippen molar-refractivity contribution in [3.8, 4) is 0 Å². The lowest BCUT2D eigenvalue weighted by Gasteiger charge is -2.17. The molecule has 0 saturated carbocycles. The molecule has 3 unspecified atom stereocenters. The smallest absolute Gasteiger partial charge is 0.338 e. The van der Waals surface area contributed by atoms with Crippen molar-refractivity contribution in [2.75, 3.05) is 0 Å². The van der Waals surface area contributed by atoms with E-state index in [0.717, 1.165) is 13.6 Å². The quantitative estimate of drug-likeness (QED) is 0.166.